The van der Waals surface area contributed by atoms with E-state index in [1.54, 1.807) is 24.3 Å². The molecule has 4 aromatic rings. The molecule has 3 aromatic carbocycles. The summed E-state index contributed by atoms with van der Waals surface area (Å²) in [5, 5.41) is 2.75. The van der Waals surface area contributed by atoms with E-state index < -0.39 is 29.3 Å². The summed E-state index contributed by atoms with van der Waals surface area (Å²) >= 11 is 5.91. The zero-order valence-electron chi connectivity index (χ0n) is 18.1. The van der Waals surface area contributed by atoms with Crippen LogP contribution in [0.3, 0.4) is 0 Å². The number of hydrogen-bond acceptors (Lipinski definition) is 4. The Kier molecular flexibility index (Phi) is 7.16. The first kappa shape index (κ1) is 25.1. The van der Waals surface area contributed by atoms with E-state index in [4.69, 9.17) is 16.3 Å². The molecule has 0 aliphatic rings. The third kappa shape index (κ3) is 5.95. The van der Waals surface area contributed by atoms with Crippen LogP contribution in [0.1, 0.15) is 21.5 Å². The highest BCUT2D eigenvalue weighted by Gasteiger charge is 2.30. The molecule has 0 aliphatic heterocycles. The second kappa shape index (κ2) is 10.3. The monoisotopic (exact) mass is 519 g/mol. The van der Waals surface area contributed by atoms with Crippen molar-refractivity contribution in [1.29, 1.82) is 0 Å². The Labute approximate surface area is 206 Å². The van der Waals surface area contributed by atoms with Crippen LogP contribution in [0, 0.1) is 11.6 Å². The topological polar surface area (TPSA) is 64.1 Å². The second-order valence-corrected chi connectivity index (χ2v) is 7.92. The molecule has 184 valence electrons. The molecule has 0 saturated heterocycles. The molecule has 4 rings (SSSR count). The molecule has 0 aliphatic carbocycles. The average Bonchev–Trinajstić information content (AvgIpc) is 2.84. The van der Waals surface area contributed by atoms with Crippen LogP contribution < -0.4 is 10.1 Å². The molecule has 1 heterocycles. The van der Waals surface area contributed by atoms with Crippen molar-refractivity contribution in [3.63, 3.8) is 0 Å². The maximum Gasteiger partial charge on any atom is 0.416 e. The number of nitrogens with zero attached hydrogens (tertiary/aromatic N) is 2. The molecule has 11 heteroatoms. The lowest BCUT2D eigenvalue weighted by atomic mass is 10.1. The highest BCUT2D eigenvalue weighted by atomic mass is 35.5. The van der Waals surface area contributed by atoms with Gasteiger partial charge in [-0.2, -0.15) is 18.2 Å². The lowest BCUT2D eigenvalue weighted by Crippen LogP contribution is -2.16. The van der Waals surface area contributed by atoms with Gasteiger partial charge in [0.25, 0.3) is 5.91 Å². The van der Waals surface area contributed by atoms with Gasteiger partial charge in [0.15, 0.2) is 5.82 Å². The number of hydrogen-bond donors (Lipinski definition) is 1. The lowest BCUT2D eigenvalue weighted by molar-refractivity contribution is -0.137. The van der Waals surface area contributed by atoms with Gasteiger partial charge in [-0.15, -0.1) is 0 Å². The fourth-order valence-electron chi connectivity index (χ4n) is 3.14. The van der Waals surface area contributed by atoms with E-state index in [1.165, 1.54) is 12.1 Å². The van der Waals surface area contributed by atoms with Crippen molar-refractivity contribution >= 4 is 23.2 Å². The zero-order chi connectivity index (χ0) is 25.9. The van der Waals surface area contributed by atoms with E-state index in [2.05, 4.69) is 15.3 Å². The van der Waals surface area contributed by atoms with Gasteiger partial charge in [0.05, 0.1) is 11.3 Å². The summed E-state index contributed by atoms with van der Waals surface area (Å²) in [5.74, 6) is -2.82. The van der Waals surface area contributed by atoms with Gasteiger partial charge in [-0.1, -0.05) is 23.7 Å². The second-order valence-electron chi connectivity index (χ2n) is 7.48. The number of aromatic nitrogens is 2. The van der Waals surface area contributed by atoms with Crippen LogP contribution in [0.2, 0.25) is 5.02 Å². The van der Waals surface area contributed by atoms with Crippen LogP contribution in [0.15, 0.2) is 72.9 Å². The summed E-state index contributed by atoms with van der Waals surface area (Å²) in [4.78, 5) is 21.3. The normalized spacial score (nSPS) is 11.3. The number of anilines is 1. The summed E-state index contributed by atoms with van der Waals surface area (Å²) in [6, 6.07) is 13.5. The molecule has 0 atom stereocenters. The Bertz CT molecular complexity index is 1410. The van der Waals surface area contributed by atoms with Crippen molar-refractivity contribution in [2.45, 2.75) is 12.8 Å². The molecule has 0 saturated carbocycles. The zero-order valence-corrected chi connectivity index (χ0v) is 18.9. The molecule has 36 heavy (non-hydrogen) atoms. The van der Waals surface area contributed by atoms with Gasteiger partial charge in [-0.05, 0) is 54.1 Å². The molecule has 0 unspecified atom stereocenters. The van der Waals surface area contributed by atoms with Crippen LogP contribution >= 0.6 is 11.6 Å². The predicted molar refractivity (Wildman–Crippen MR) is 123 cm³/mol. The number of benzene rings is 3. The van der Waals surface area contributed by atoms with Crippen LogP contribution in [-0.4, -0.2) is 15.9 Å². The summed E-state index contributed by atoms with van der Waals surface area (Å²) in [5.41, 5.74) is -0.680. The fraction of sp³-hybridized carbons (Fsp3) is 0.0800. The number of alkyl halides is 3. The molecule has 5 nitrogen and oxygen atoms in total. The third-order valence-electron chi connectivity index (χ3n) is 4.91. The first-order valence-corrected chi connectivity index (χ1v) is 10.7. The van der Waals surface area contributed by atoms with Crippen molar-refractivity contribution in [3.8, 4) is 17.3 Å². The molecule has 1 amide bonds. The van der Waals surface area contributed by atoms with E-state index in [0.29, 0.717) is 16.7 Å². The predicted octanol–water partition coefficient (Wildman–Crippen LogP) is 6.93. The Hall–Kier alpha value is -4.05. The smallest absolute Gasteiger partial charge is 0.416 e. The third-order valence-corrected chi connectivity index (χ3v) is 5.16. The van der Waals surface area contributed by atoms with Gasteiger partial charge in [-0.25, -0.2) is 13.8 Å². The number of amides is 1. The molecule has 0 spiro atoms. The van der Waals surface area contributed by atoms with E-state index in [-0.39, 0.29) is 35.1 Å². The lowest BCUT2D eigenvalue weighted by Gasteiger charge is -2.13. The maximum atomic E-state index is 14.0. The minimum absolute atomic E-state index is 0.148. The van der Waals surface area contributed by atoms with E-state index >= 15 is 0 Å². The number of halogens is 6. The van der Waals surface area contributed by atoms with Crippen molar-refractivity contribution in [1.82, 2.24) is 9.97 Å². The quantitative estimate of drug-likeness (QED) is 0.281. The van der Waals surface area contributed by atoms with Gasteiger partial charge in [0.2, 0.25) is 5.88 Å². The molecule has 1 N–H and O–H groups in total. The Balaban J connectivity index is 1.66. The molecular weight excluding hydrogens is 505 g/mol. The van der Waals surface area contributed by atoms with Crippen LogP contribution in [0.4, 0.5) is 27.6 Å². The highest BCUT2D eigenvalue weighted by Crippen LogP contribution is 2.30. The first-order valence-electron chi connectivity index (χ1n) is 10.3. The van der Waals surface area contributed by atoms with Crippen molar-refractivity contribution < 1.29 is 31.5 Å². The summed E-state index contributed by atoms with van der Waals surface area (Å²) < 4.78 is 72.0. The Morgan fingerprint density at radius 2 is 1.75 bits per heavy atom. The minimum atomic E-state index is -4.54. The fourth-order valence-corrected chi connectivity index (χ4v) is 3.27. The molecule has 1 aromatic heterocycles. The SMILES string of the molecule is O=C(Nc1ccc(F)cc1F)c1cnc(-c2ccc(Cl)cc2)nc1OCc1cccc(C(F)(F)F)c1. The van der Waals surface area contributed by atoms with E-state index in [1.807, 2.05) is 0 Å². The van der Waals surface area contributed by atoms with E-state index in [0.717, 1.165) is 30.5 Å². The standard InChI is InChI=1S/C25H15ClF5N3O2/c26-17-6-4-15(5-7-17)22-32-12-19(23(35)33-21-9-8-18(27)11-20(21)28)24(34-22)36-13-14-2-1-3-16(10-14)25(29,30)31/h1-12H,13H2,(H,33,35). The number of ether oxygens (including phenoxy) is 1. The maximum absolute atomic E-state index is 14.0. The number of nitrogens with one attached hydrogen (secondary N) is 1. The van der Waals surface area contributed by atoms with Crippen LogP contribution in [0.5, 0.6) is 5.88 Å². The molecular formula is C25H15ClF5N3O2. The van der Waals surface area contributed by atoms with Gasteiger partial charge in [-0.3, -0.25) is 4.79 Å². The van der Waals surface area contributed by atoms with Crippen molar-refractivity contribution in [3.05, 3.63) is 106 Å². The number of rotatable bonds is 6. The summed E-state index contributed by atoms with van der Waals surface area (Å²) in [6.07, 6.45) is -3.41. The first-order chi connectivity index (χ1) is 17.1. The molecule has 0 fully saturated rings. The molecule has 0 bridgehead atoms. The van der Waals surface area contributed by atoms with Crippen molar-refractivity contribution in [2.24, 2.45) is 0 Å². The largest absolute Gasteiger partial charge is 0.472 e. The molecule has 0 radical (unpaired) electrons. The highest BCUT2D eigenvalue weighted by molar-refractivity contribution is 6.30. The van der Waals surface area contributed by atoms with Crippen LogP contribution in [0.25, 0.3) is 11.4 Å². The Morgan fingerprint density at radius 1 is 1.00 bits per heavy atom. The van der Waals surface area contributed by atoms with E-state index in [9.17, 15) is 26.7 Å². The van der Waals surface area contributed by atoms with Gasteiger partial charge in [0.1, 0.15) is 23.8 Å². The van der Waals surface area contributed by atoms with Gasteiger partial charge < -0.3 is 10.1 Å². The average molecular weight is 520 g/mol. The number of carbonyl (C=O) groups is 1. The summed E-state index contributed by atoms with van der Waals surface area (Å²) in [6.45, 7) is -0.355. The van der Waals surface area contributed by atoms with Gasteiger partial charge in [0, 0.05) is 22.8 Å². The summed E-state index contributed by atoms with van der Waals surface area (Å²) in [7, 11) is 0. The van der Waals surface area contributed by atoms with Crippen molar-refractivity contribution in [2.75, 3.05) is 5.32 Å². The minimum Gasteiger partial charge on any atom is -0.472 e. The Morgan fingerprint density at radius 3 is 2.44 bits per heavy atom. The van der Waals surface area contributed by atoms with Gasteiger partial charge >= 0.3 is 6.18 Å². The number of carbonyl (C=O) groups excluding carboxylic acids is 1. The van der Waals surface area contributed by atoms with Crippen LogP contribution in [-0.2, 0) is 12.8 Å².